The van der Waals surface area contributed by atoms with Crippen LogP contribution in [0.15, 0.2) is 76.8 Å². The molecule has 0 N–H and O–H groups in total. The number of hydrogen-bond acceptors (Lipinski definition) is 4. The minimum atomic E-state index is -3.88. The molecule has 4 nitrogen and oxygen atoms in total. The van der Waals surface area contributed by atoms with Crippen LogP contribution in [0, 0.1) is 5.82 Å². The monoisotopic (exact) mass is 367 g/mol. The highest BCUT2D eigenvalue weighted by atomic mass is 32.2. The predicted octanol–water partition coefficient (Wildman–Crippen LogP) is 4.04. The number of hydrogen-bond donors (Lipinski definition) is 0. The molecule has 1 aromatic heterocycles. The first-order valence-electron chi connectivity index (χ1n) is 7.70. The standard InChI is InChI=1S/C20H14FNO3S/c21-18-9-5-15(6-10-18)3-4-16-7-11-19(12-8-16)26(24,25)20-17(14-23)2-1-13-22-20/h1-14H/b4-3+. The van der Waals surface area contributed by atoms with Crippen LogP contribution in [0.4, 0.5) is 4.39 Å². The lowest BCUT2D eigenvalue weighted by Crippen LogP contribution is -2.07. The highest BCUT2D eigenvalue weighted by molar-refractivity contribution is 7.91. The third-order valence-electron chi connectivity index (χ3n) is 3.71. The van der Waals surface area contributed by atoms with Crippen molar-refractivity contribution in [2.45, 2.75) is 9.92 Å². The Kier molecular flexibility index (Phi) is 5.04. The van der Waals surface area contributed by atoms with Gasteiger partial charge in [0.1, 0.15) is 5.82 Å². The Labute approximate surface area is 150 Å². The number of nitrogens with zero attached hydrogens (tertiary/aromatic N) is 1. The average Bonchev–Trinajstić information content (AvgIpc) is 2.68. The van der Waals surface area contributed by atoms with Crippen LogP contribution in [0.5, 0.6) is 0 Å². The Morgan fingerprint density at radius 2 is 1.42 bits per heavy atom. The molecule has 3 rings (SSSR count). The summed E-state index contributed by atoms with van der Waals surface area (Å²) in [5.41, 5.74) is 1.63. The van der Waals surface area contributed by atoms with Crippen LogP contribution >= 0.6 is 0 Å². The number of aromatic nitrogens is 1. The fourth-order valence-electron chi connectivity index (χ4n) is 2.35. The summed E-state index contributed by atoms with van der Waals surface area (Å²) in [5, 5.41) is -0.260. The zero-order chi connectivity index (χ0) is 18.6. The Bertz CT molecular complexity index is 1060. The van der Waals surface area contributed by atoms with E-state index in [2.05, 4.69) is 4.98 Å². The van der Waals surface area contributed by atoms with E-state index in [1.54, 1.807) is 36.4 Å². The number of carbonyl (C=O) groups is 1. The van der Waals surface area contributed by atoms with E-state index in [9.17, 15) is 17.6 Å². The van der Waals surface area contributed by atoms with Gasteiger partial charge in [-0.15, -0.1) is 0 Å². The number of sulfone groups is 1. The number of carbonyl (C=O) groups excluding carboxylic acids is 1. The van der Waals surface area contributed by atoms with Crippen LogP contribution in [0.1, 0.15) is 21.5 Å². The summed E-state index contributed by atoms with van der Waals surface area (Å²) >= 11 is 0. The van der Waals surface area contributed by atoms with Gasteiger partial charge in [0.05, 0.1) is 10.5 Å². The molecule has 0 fully saturated rings. The van der Waals surface area contributed by atoms with Crippen LogP contribution in [0.3, 0.4) is 0 Å². The quantitative estimate of drug-likeness (QED) is 0.504. The van der Waals surface area contributed by atoms with Gasteiger partial charge in [-0.2, -0.15) is 0 Å². The second-order valence-electron chi connectivity index (χ2n) is 5.47. The summed E-state index contributed by atoms with van der Waals surface area (Å²) < 4.78 is 38.2. The van der Waals surface area contributed by atoms with Crippen molar-refractivity contribution < 1.29 is 17.6 Å². The summed E-state index contributed by atoms with van der Waals surface area (Å²) in [7, 11) is -3.88. The second-order valence-corrected chi connectivity index (χ2v) is 7.34. The second kappa shape index (κ2) is 7.41. The van der Waals surface area contributed by atoms with Gasteiger partial charge < -0.3 is 0 Å². The van der Waals surface area contributed by atoms with E-state index in [1.165, 1.54) is 42.6 Å². The number of pyridine rings is 1. The molecule has 0 atom stereocenters. The maximum absolute atomic E-state index is 12.9. The van der Waals surface area contributed by atoms with E-state index >= 15 is 0 Å². The number of halogens is 1. The zero-order valence-corrected chi connectivity index (χ0v) is 14.4. The normalized spacial score (nSPS) is 11.6. The molecule has 130 valence electrons. The first-order valence-corrected chi connectivity index (χ1v) is 9.18. The molecule has 26 heavy (non-hydrogen) atoms. The molecule has 0 unspecified atom stereocenters. The maximum atomic E-state index is 12.9. The lowest BCUT2D eigenvalue weighted by atomic mass is 10.1. The molecule has 0 saturated carbocycles. The molecular formula is C20H14FNO3S. The fraction of sp³-hybridized carbons (Fsp3) is 0. The van der Waals surface area contributed by atoms with Crippen molar-refractivity contribution in [1.82, 2.24) is 4.98 Å². The van der Waals surface area contributed by atoms with Gasteiger partial charge >= 0.3 is 0 Å². The molecule has 3 aromatic rings. The van der Waals surface area contributed by atoms with Crippen molar-refractivity contribution in [3.63, 3.8) is 0 Å². The van der Waals surface area contributed by atoms with Gasteiger partial charge in [-0.05, 0) is 47.5 Å². The molecule has 0 aliphatic carbocycles. The van der Waals surface area contributed by atoms with Crippen molar-refractivity contribution in [1.29, 1.82) is 0 Å². The SMILES string of the molecule is O=Cc1cccnc1S(=O)(=O)c1ccc(/C=C/c2ccc(F)cc2)cc1. The van der Waals surface area contributed by atoms with E-state index in [0.717, 1.165) is 11.1 Å². The summed E-state index contributed by atoms with van der Waals surface area (Å²) in [6.45, 7) is 0. The van der Waals surface area contributed by atoms with Crippen molar-refractivity contribution in [3.8, 4) is 0 Å². The number of aldehydes is 1. The van der Waals surface area contributed by atoms with E-state index in [0.29, 0.717) is 6.29 Å². The molecule has 0 saturated heterocycles. The van der Waals surface area contributed by atoms with Gasteiger partial charge in [0.25, 0.3) is 0 Å². The van der Waals surface area contributed by atoms with Gasteiger partial charge in [-0.25, -0.2) is 17.8 Å². The molecule has 2 aromatic carbocycles. The summed E-state index contributed by atoms with van der Waals surface area (Å²) in [6, 6.07) is 15.2. The summed E-state index contributed by atoms with van der Waals surface area (Å²) in [5.74, 6) is -0.305. The van der Waals surface area contributed by atoms with E-state index in [-0.39, 0.29) is 21.3 Å². The minimum Gasteiger partial charge on any atom is -0.298 e. The molecule has 0 aliphatic heterocycles. The van der Waals surface area contributed by atoms with E-state index < -0.39 is 9.84 Å². The molecule has 0 amide bonds. The highest BCUT2D eigenvalue weighted by Crippen LogP contribution is 2.22. The predicted molar refractivity (Wildman–Crippen MR) is 96.8 cm³/mol. The molecule has 0 spiro atoms. The van der Waals surface area contributed by atoms with Gasteiger partial charge in [0.2, 0.25) is 9.84 Å². The highest BCUT2D eigenvalue weighted by Gasteiger charge is 2.22. The van der Waals surface area contributed by atoms with Crippen molar-refractivity contribution >= 4 is 28.3 Å². The smallest absolute Gasteiger partial charge is 0.224 e. The first kappa shape index (κ1) is 17.7. The largest absolute Gasteiger partial charge is 0.298 e. The van der Waals surface area contributed by atoms with Crippen LogP contribution in [-0.4, -0.2) is 19.7 Å². The third-order valence-corrected chi connectivity index (χ3v) is 5.45. The van der Waals surface area contributed by atoms with Crippen molar-refractivity contribution in [2.75, 3.05) is 0 Å². The Balaban J connectivity index is 1.87. The lowest BCUT2D eigenvalue weighted by Gasteiger charge is -2.06. The van der Waals surface area contributed by atoms with Gasteiger partial charge in [0.15, 0.2) is 11.3 Å². The summed E-state index contributed by atoms with van der Waals surface area (Å²) in [4.78, 5) is 15.0. The van der Waals surface area contributed by atoms with Crippen molar-refractivity contribution in [2.24, 2.45) is 0 Å². The van der Waals surface area contributed by atoms with Gasteiger partial charge in [-0.3, -0.25) is 4.79 Å². The zero-order valence-electron chi connectivity index (χ0n) is 13.5. The molecule has 0 radical (unpaired) electrons. The molecule has 1 heterocycles. The van der Waals surface area contributed by atoms with Gasteiger partial charge in [0, 0.05) is 6.20 Å². The average molecular weight is 367 g/mol. The molecule has 6 heteroatoms. The number of rotatable bonds is 5. The van der Waals surface area contributed by atoms with Crippen LogP contribution in [0.2, 0.25) is 0 Å². The van der Waals surface area contributed by atoms with Crippen molar-refractivity contribution in [3.05, 3.63) is 89.4 Å². The lowest BCUT2D eigenvalue weighted by molar-refractivity contribution is 0.112. The topological polar surface area (TPSA) is 64.1 Å². The maximum Gasteiger partial charge on any atom is 0.224 e. The Morgan fingerprint density at radius 1 is 0.846 bits per heavy atom. The van der Waals surface area contributed by atoms with Crippen LogP contribution in [0.25, 0.3) is 12.2 Å². The first-order chi connectivity index (χ1) is 12.5. The molecular weight excluding hydrogens is 353 g/mol. The number of benzene rings is 2. The third kappa shape index (κ3) is 3.75. The van der Waals surface area contributed by atoms with Crippen LogP contribution < -0.4 is 0 Å². The summed E-state index contributed by atoms with van der Waals surface area (Å²) in [6.07, 6.45) is 5.40. The van der Waals surface area contributed by atoms with E-state index in [1.807, 2.05) is 0 Å². The Morgan fingerprint density at radius 3 is 2.00 bits per heavy atom. The van der Waals surface area contributed by atoms with E-state index in [4.69, 9.17) is 0 Å². The van der Waals surface area contributed by atoms with Crippen LogP contribution in [-0.2, 0) is 9.84 Å². The molecule has 0 bridgehead atoms. The fourth-order valence-corrected chi connectivity index (χ4v) is 3.70. The molecule has 0 aliphatic rings. The van der Waals surface area contributed by atoms with Gasteiger partial charge in [-0.1, -0.05) is 36.4 Å². The Hall–Kier alpha value is -3.12. The minimum absolute atomic E-state index is 0.0211.